The number of nitrogens with zero attached hydrogens (tertiary/aromatic N) is 1. The van der Waals surface area contributed by atoms with E-state index in [1.54, 1.807) is 11.8 Å². The first kappa shape index (κ1) is 19.0. The van der Waals surface area contributed by atoms with Gasteiger partial charge in [-0.3, -0.25) is 9.59 Å². The van der Waals surface area contributed by atoms with Crippen molar-refractivity contribution in [1.29, 1.82) is 0 Å². The number of ketones is 1. The van der Waals surface area contributed by atoms with E-state index in [-0.39, 0.29) is 17.3 Å². The molecule has 6 heteroatoms. The van der Waals surface area contributed by atoms with Crippen LogP contribution >= 0.6 is 11.8 Å². The highest BCUT2D eigenvalue weighted by atomic mass is 32.2. The summed E-state index contributed by atoms with van der Waals surface area (Å²) in [5.41, 5.74) is 4.15. The summed E-state index contributed by atoms with van der Waals surface area (Å²) in [6, 6.07) is 8.09. The van der Waals surface area contributed by atoms with Crippen LogP contribution in [-0.4, -0.2) is 21.5 Å². The first-order valence-electron chi connectivity index (χ1n) is 9.81. The number of Topliss-reactive ketones (excluding diaryl/α,β-unsaturated/α-hetero) is 1. The number of aryl methyl sites for hydroxylation is 1. The zero-order valence-electron chi connectivity index (χ0n) is 16.5. The van der Waals surface area contributed by atoms with Gasteiger partial charge in [0.05, 0.1) is 5.56 Å². The fourth-order valence-electron chi connectivity index (χ4n) is 3.85. The minimum Gasteiger partial charge on any atom is -0.343 e. The molecule has 0 bridgehead atoms. The van der Waals surface area contributed by atoms with Crippen molar-refractivity contribution in [1.82, 2.24) is 9.97 Å². The molecule has 2 aliphatic rings. The van der Waals surface area contributed by atoms with Crippen molar-refractivity contribution in [2.75, 3.05) is 11.1 Å². The molecule has 1 aromatic heterocycles. The predicted octanol–water partition coefficient (Wildman–Crippen LogP) is 4.39. The summed E-state index contributed by atoms with van der Waals surface area (Å²) >= 11 is 1.55. The van der Waals surface area contributed by atoms with E-state index in [9.17, 15) is 9.59 Å². The number of allylic oxidation sites excluding steroid dienone is 2. The van der Waals surface area contributed by atoms with Gasteiger partial charge in [0.15, 0.2) is 10.9 Å². The molecule has 1 atom stereocenters. The Hall–Kier alpha value is -2.34. The fraction of sp³-hybridized carbons (Fsp3) is 0.409. The molecule has 5 nitrogen and oxygen atoms in total. The number of benzene rings is 1. The molecule has 2 heterocycles. The molecule has 2 N–H and O–H groups in total. The number of hydrogen-bond acceptors (Lipinski definition) is 5. The highest BCUT2D eigenvalue weighted by Gasteiger charge is 2.37. The van der Waals surface area contributed by atoms with Crippen LogP contribution in [0.4, 0.5) is 5.82 Å². The number of rotatable bonds is 4. The van der Waals surface area contributed by atoms with E-state index in [2.05, 4.69) is 24.1 Å². The number of thioether (sulfide) groups is 1. The summed E-state index contributed by atoms with van der Waals surface area (Å²) < 4.78 is 0. The van der Waals surface area contributed by atoms with Crippen LogP contribution in [0.25, 0.3) is 0 Å². The number of carbonyl (C=O) groups is 1. The average molecular weight is 396 g/mol. The maximum atomic E-state index is 13.1. The Kier molecular flexibility index (Phi) is 5.15. The van der Waals surface area contributed by atoms with Crippen LogP contribution in [0, 0.1) is 12.8 Å². The summed E-state index contributed by atoms with van der Waals surface area (Å²) in [6.45, 7) is 6.31. The third-order valence-corrected chi connectivity index (χ3v) is 6.50. The van der Waals surface area contributed by atoms with Gasteiger partial charge in [-0.05, 0) is 31.2 Å². The maximum absolute atomic E-state index is 13.1. The number of aromatic nitrogens is 2. The highest BCUT2D eigenvalue weighted by molar-refractivity contribution is 7.99. The zero-order valence-corrected chi connectivity index (χ0v) is 17.3. The molecule has 0 unspecified atom stereocenters. The van der Waals surface area contributed by atoms with Gasteiger partial charge in [-0.2, -0.15) is 0 Å². The van der Waals surface area contributed by atoms with E-state index in [1.807, 2.05) is 31.2 Å². The predicted molar refractivity (Wildman–Crippen MR) is 113 cm³/mol. The molecular weight excluding hydrogens is 370 g/mol. The molecule has 0 saturated carbocycles. The molecule has 4 rings (SSSR count). The molecule has 0 spiro atoms. The molecule has 2 aromatic rings. The van der Waals surface area contributed by atoms with Gasteiger partial charge in [0, 0.05) is 29.4 Å². The van der Waals surface area contributed by atoms with Gasteiger partial charge in [0.25, 0.3) is 5.56 Å². The lowest BCUT2D eigenvalue weighted by Crippen LogP contribution is -2.32. The van der Waals surface area contributed by atoms with Crippen LogP contribution in [0.5, 0.6) is 0 Å². The number of anilines is 1. The second-order valence-corrected chi connectivity index (χ2v) is 8.98. The van der Waals surface area contributed by atoms with Gasteiger partial charge in [0.1, 0.15) is 5.82 Å². The van der Waals surface area contributed by atoms with Crippen molar-refractivity contribution in [2.45, 2.75) is 51.1 Å². The van der Waals surface area contributed by atoms with Crippen molar-refractivity contribution in [2.24, 2.45) is 5.92 Å². The van der Waals surface area contributed by atoms with Crippen molar-refractivity contribution >= 4 is 23.4 Å². The van der Waals surface area contributed by atoms with Crippen LogP contribution in [-0.2, 0) is 4.79 Å². The van der Waals surface area contributed by atoms with Crippen LogP contribution in [0.2, 0.25) is 0 Å². The second kappa shape index (κ2) is 7.59. The van der Waals surface area contributed by atoms with Crippen molar-refractivity contribution in [3.8, 4) is 0 Å². The fourth-order valence-corrected chi connectivity index (χ4v) is 4.66. The summed E-state index contributed by atoms with van der Waals surface area (Å²) in [5, 5.41) is 3.95. The molecule has 0 saturated heterocycles. The van der Waals surface area contributed by atoms with Crippen molar-refractivity contribution < 1.29 is 4.79 Å². The monoisotopic (exact) mass is 395 g/mol. The standard InChI is InChI=1S/C22H25N3O2S/c1-12(2)11-28-22-24-20-19(21(27)25-22)17(14-9-7-13(3)8-10-14)18-15(23-20)5-4-6-16(18)26/h7-10,12,17H,4-6,11H2,1-3H3,(H2,23,24,25,27)/t17-/m0/s1. The number of fused-ring (bicyclic) bond motifs is 1. The first-order valence-corrected chi connectivity index (χ1v) is 10.8. The first-order chi connectivity index (χ1) is 13.4. The number of hydrogen-bond donors (Lipinski definition) is 2. The third kappa shape index (κ3) is 3.53. The van der Waals surface area contributed by atoms with Gasteiger partial charge in [-0.1, -0.05) is 55.4 Å². The van der Waals surface area contributed by atoms with Crippen LogP contribution in [0.1, 0.15) is 55.7 Å². The third-order valence-electron chi connectivity index (χ3n) is 5.20. The normalized spacial score (nSPS) is 18.7. The largest absolute Gasteiger partial charge is 0.343 e. The Bertz CT molecular complexity index is 1010. The summed E-state index contributed by atoms with van der Waals surface area (Å²) in [7, 11) is 0. The van der Waals surface area contributed by atoms with E-state index in [4.69, 9.17) is 4.98 Å². The van der Waals surface area contributed by atoms with E-state index in [0.717, 1.165) is 41.0 Å². The smallest absolute Gasteiger partial charge is 0.257 e. The molecule has 0 amide bonds. The van der Waals surface area contributed by atoms with Crippen LogP contribution in [0.15, 0.2) is 45.5 Å². The lowest BCUT2D eigenvalue weighted by molar-refractivity contribution is -0.116. The Morgan fingerprint density at radius 1 is 1.18 bits per heavy atom. The Morgan fingerprint density at radius 2 is 1.93 bits per heavy atom. The molecular formula is C22H25N3O2S. The number of carbonyl (C=O) groups excluding carboxylic acids is 1. The van der Waals surface area contributed by atoms with Gasteiger partial charge in [-0.25, -0.2) is 4.98 Å². The molecule has 0 fully saturated rings. The second-order valence-electron chi connectivity index (χ2n) is 7.98. The van der Waals surface area contributed by atoms with E-state index in [0.29, 0.717) is 28.9 Å². The van der Waals surface area contributed by atoms with Crippen molar-refractivity contribution in [3.05, 3.63) is 62.6 Å². The quantitative estimate of drug-likeness (QED) is 0.593. The number of H-pyrrole nitrogens is 1. The van der Waals surface area contributed by atoms with E-state index in [1.165, 1.54) is 0 Å². The van der Waals surface area contributed by atoms with Crippen LogP contribution < -0.4 is 10.9 Å². The minimum absolute atomic E-state index is 0.127. The summed E-state index contributed by atoms with van der Waals surface area (Å²) in [6.07, 6.45) is 2.18. The maximum Gasteiger partial charge on any atom is 0.257 e. The van der Waals surface area contributed by atoms with E-state index < -0.39 is 0 Å². The van der Waals surface area contributed by atoms with Gasteiger partial charge in [0.2, 0.25) is 0 Å². The number of nitrogens with one attached hydrogen (secondary N) is 2. The Morgan fingerprint density at radius 3 is 2.64 bits per heavy atom. The molecule has 28 heavy (non-hydrogen) atoms. The van der Waals surface area contributed by atoms with Gasteiger partial charge >= 0.3 is 0 Å². The molecule has 146 valence electrons. The minimum atomic E-state index is -0.361. The molecule has 1 aliphatic heterocycles. The molecule has 0 radical (unpaired) electrons. The lowest BCUT2D eigenvalue weighted by atomic mass is 9.76. The van der Waals surface area contributed by atoms with Crippen molar-refractivity contribution in [3.63, 3.8) is 0 Å². The summed E-state index contributed by atoms with van der Waals surface area (Å²) in [4.78, 5) is 33.5. The van der Waals surface area contributed by atoms with Gasteiger partial charge < -0.3 is 10.3 Å². The Labute approximate surface area is 169 Å². The summed E-state index contributed by atoms with van der Waals surface area (Å²) in [5.74, 6) is 1.75. The lowest BCUT2D eigenvalue weighted by Gasteiger charge is -2.32. The molecule has 1 aliphatic carbocycles. The number of aromatic amines is 1. The Balaban J connectivity index is 1.86. The van der Waals surface area contributed by atoms with Crippen LogP contribution in [0.3, 0.4) is 0 Å². The zero-order chi connectivity index (χ0) is 19.8. The SMILES string of the molecule is Cc1ccc([C@H]2C3=C(CCCC3=O)Nc3nc(SCC(C)C)[nH]c(=O)c32)cc1. The van der Waals surface area contributed by atoms with Gasteiger partial charge in [-0.15, -0.1) is 0 Å². The topological polar surface area (TPSA) is 74.8 Å². The highest BCUT2D eigenvalue weighted by Crippen LogP contribution is 2.43. The average Bonchev–Trinajstić information content (AvgIpc) is 2.66. The molecule has 1 aromatic carbocycles. The van der Waals surface area contributed by atoms with E-state index >= 15 is 0 Å².